The molecule has 0 spiro atoms. The van der Waals surface area contributed by atoms with Crippen molar-refractivity contribution in [1.82, 2.24) is 9.97 Å². The lowest BCUT2D eigenvalue weighted by Gasteiger charge is -1.87. The number of aromatic nitrogens is 2. The van der Waals surface area contributed by atoms with Gasteiger partial charge in [-0.15, -0.1) is 0 Å². The molecule has 0 atom stereocenters. The third-order valence-corrected chi connectivity index (χ3v) is 0.924. The predicted molar refractivity (Wildman–Crippen MR) is 48.0 cm³/mol. The summed E-state index contributed by atoms with van der Waals surface area (Å²) in [5.41, 5.74) is 0.414. The number of hydrogen-bond acceptors (Lipinski definition) is 3. The topological polar surface area (TPSA) is 42.9 Å². The van der Waals surface area contributed by atoms with Crippen LogP contribution in [-0.2, 0) is 0 Å². The van der Waals surface area contributed by atoms with Crippen molar-refractivity contribution < 1.29 is 4.79 Å². The summed E-state index contributed by atoms with van der Waals surface area (Å²) >= 11 is 0. The lowest BCUT2D eigenvalue weighted by atomic mass is 10.3. The molecule has 0 aliphatic heterocycles. The maximum absolute atomic E-state index is 10.5. The van der Waals surface area contributed by atoms with Gasteiger partial charge in [-0.25, -0.2) is 4.98 Å². The van der Waals surface area contributed by atoms with Crippen LogP contribution >= 0.6 is 0 Å². The first-order valence-electron chi connectivity index (χ1n) is 3.99. The Labute approximate surface area is 72.9 Å². The minimum absolute atomic E-state index is 0.0527. The summed E-state index contributed by atoms with van der Waals surface area (Å²) in [6, 6.07) is 0. The average Bonchev–Trinajstić information content (AvgIpc) is 2.07. The van der Waals surface area contributed by atoms with Crippen LogP contribution < -0.4 is 0 Å². The Bertz CT molecular complexity index is 221. The monoisotopic (exact) mass is 166 g/mol. The van der Waals surface area contributed by atoms with E-state index in [1.54, 1.807) is 0 Å². The molecule has 66 valence electrons. The second-order valence-corrected chi connectivity index (χ2v) is 2.35. The predicted octanol–water partition coefficient (Wildman–Crippen LogP) is 2.10. The molecule has 0 radical (unpaired) electrons. The lowest BCUT2D eigenvalue weighted by molar-refractivity contribution is 0.101. The number of nitrogens with zero attached hydrogens (tertiary/aromatic N) is 2. The van der Waals surface area contributed by atoms with Gasteiger partial charge in [-0.05, 0) is 0 Å². The maximum Gasteiger partial charge on any atom is 0.179 e. The van der Waals surface area contributed by atoms with E-state index in [1.807, 2.05) is 0 Å². The molecule has 1 heterocycles. The van der Waals surface area contributed by atoms with E-state index in [4.69, 9.17) is 0 Å². The molecule has 1 aromatic heterocycles. The highest BCUT2D eigenvalue weighted by Crippen LogP contribution is 1.88. The van der Waals surface area contributed by atoms with Crippen LogP contribution in [-0.4, -0.2) is 15.8 Å². The van der Waals surface area contributed by atoms with Crippen LogP contribution in [0, 0.1) is 0 Å². The molecule has 12 heavy (non-hydrogen) atoms. The molecule has 3 heteroatoms. The van der Waals surface area contributed by atoms with Gasteiger partial charge in [0.1, 0.15) is 5.69 Å². The first kappa shape index (κ1) is 10.8. The number of carbonyl (C=O) groups is 1. The van der Waals surface area contributed by atoms with Gasteiger partial charge < -0.3 is 0 Å². The summed E-state index contributed by atoms with van der Waals surface area (Å²) in [5, 5.41) is 0. The van der Waals surface area contributed by atoms with E-state index in [0.717, 1.165) is 0 Å². The minimum atomic E-state index is -0.0527. The van der Waals surface area contributed by atoms with E-state index >= 15 is 0 Å². The molecular formula is C9H14N2O. The standard InChI is InChI=1S/C6H6N2O.C3H8/c1-5(9)6-4-7-2-3-8-6;1-3-2/h2-4H,1H3;3H2,1-2H3. The van der Waals surface area contributed by atoms with Crippen molar-refractivity contribution in [2.45, 2.75) is 27.2 Å². The highest BCUT2D eigenvalue weighted by molar-refractivity contribution is 5.91. The average molecular weight is 166 g/mol. The van der Waals surface area contributed by atoms with Crippen LogP contribution in [0.15, 0.2) is 18.6 Å². The Hall–Kier alpha value is -1.25. The normalized spacial score (nSPS) is 8.25. The first-order chi connectivity index (χ1) is 5.72. The van der Waals surface area contributed by atoms with Crippen molar-refractivity contribution in [3.05, 3.63) is 24.3 Å². The molecular weight excluding hydrogens is 152 g/mol. The highest BCUT2D eigenvalue weighted by atomic mass is 16.1. The quantitative estimate of drug-likeness (QED) is 0.600. The fourth-order valence-corrected chi connectivity index (χ4v) is 0.481. The van der Waals surface area contributed by atoms with Crippen molar-refractivity contribution >= 4 is 5.78 Å². The van der Waals surface area contributed by atoms with Crippen molar-refractivity contribution in [3.8, 4) is 0 Å². The molecule has 0 amide bonds. The van der Waals surface area contributed by atoms with Crippen LogP contribution in [0.25, 0.3) is 0 Å². The second-order valence-electron chi connectivity index (χ2n) is 2.35. The lowest BCUT2D eigenvalue weighted by Crippen LogP contribution is -1.95. The summed E-state index contributed by atoms with van der Waals surface area (Å²) in [5.74, 6) is -0.0527. The molecule has 0 aromatic carbocycles. The van der Waals surface area contributed by atoms with Gasteiger partial charge in [0.15, 0.2) is 5.78 Å². The zero-order chi connectivity index (χ0) is 9.40. The Morgan fingerprint density at radius 2 is 2.00 bits per heavy atom. The molecule has 0 saturated carbocycles. The Balaban J connectivity index is 0.000000354. The van der Waals surface area contributed by atoms with Gasteiger partial charge in [0.25, 0.3) is 0 Å². The van der Waals surface area contributed by atoms with Crippen LogP contribution in [0.1, 0.15) is 37.7 Å². The third kappa shape index (κ3) is 4.55. The maximum atomic E-state index is 10.5. The van der Waals surface area contributed by atoms with E-state index in [2.05, 4.69) is 23.8 Å². The van der Waals surface area contributed by atoms with Crippen LogP contribution in [0.2, 0.25) is 0 Å². The smallest absolute Gasteiger partial charge is 0.179 e. The van der Waals surface area contributed by atoms with Crippen LogP contribution in [0.5, 0.6) is 0 Å². The van der Waals surface area contributed by atoms with E-state index in [1.165, 1.54) is 31.9 Å². The number of carbonyl (C=O) groups excluding carboxylic acids is 1. The molecule has 1 aromatic rings. The fourth-order valence-electron chi connectivity index (χ4n) is 0.481. The Morgan fingerprint density at radius 3 is 2.25 bits per heavy atom. The van der Waals surface area contributed by atoms with E-state index in [9.17, 15) is 4.79 Å². The summed E-state index contributed by atoms with van der Waals surface area (Å²) < 4.78 is 0. The molecule has 0 N–H and O–H groups in total. The van der Waals surface area contributed by atoms with Crippen molar-refractivity contribution in [1.29, 1.82) is 0 Å². The molecule has 1 rings (SSSR count). The minimum Gasteiger partial charge on any atom is -0.293 e. The summed E-state index contributed by atoms with van der Waals surface area (Å²) in [7, 11) is 0. The van der Waals surface area contributed by atoms with Gasteiger partial charge in [-0.1, -0.05) is 20.3 Å². The number of hydrogen-bond donors (Lipinski definition) is 0. The zero-order valence-corrected chi connectivity index (χ0v) is 7.74. The van der Waals surface area contributed by atoms with E-state index in [0.29, 0.717) is 5.69 Å². The van der Waals surface area contributed by atoms with Crippen LogP contribution in [0.4, 0.5) is 0 Å². The number of ketones is 1. The summed E-state index contributed by atoms with van der Waals surface area (Å²) in [6.45, 7) is 5.71. The van der Waals surface area contributed by atoms with Gasteiger partial charge in [0.2, 0.25) is 0 Å². The van der Waals surface area contributed by atoms with E-state index in [-0.39, 0.29) is 5.78 Å². The van der Waals surface area contributed by atoms with Crippen molar-refractivity contribution in [3.63, 3.8) is 0 Å². The number of Topliss-reactive ketones (excluding diaryl/α,β-unsaturated/α-hetero) is 1. The first-order valence-corrected chi connectivity index (χ1v) is 3.99. The largest absolute Gasteiger partial charge is 0.293 e. The summed E-state index contributed by atoms with van der Waals surface area (Å²) in [4.78, 5) is 18.0. The molecule has 0 unspecified atom stereocenters. The molecule has 0 aliphatic carbocycles. The van der Waals surface area contributed by atoms with E-state index < -0.39 is 0 Å². The van der Waals surface area contributed by atoms with Crippen molar-refractivity contribution in [2.24, 2.45) is 0 Å². The summed E-state index contributed by atoms with van der Waals surface area (Å²) in [6.07, 6.45) is 5.73. The van der Waals surface area contributed by atoms with Crippen molar-refractivity contribution in [2.75, 3.05) is 0 Å². The molecule has 0 bridgehead atoms. The Kier molecular flexibility index (Phi) is 5.79. The van der Waals surface area contributed by atoms with Gasteiger partial charge in [0.05, 0.1) is 6.20 Å². The number of rotatable bonds is 1. The zero-order valence-electron chi connectivity index (χ0n) is 7.74. The fraction of sp³-hybridized carbons (Fsp3) is 0.444. The molecule has 0 fully saturated rings. The van der Waals surface area contributed by atoms with Gasteiger partial charge >= 0.3 is 0 Å². The van der Waals surface area contributed by atoms with Crippen LogP contribution in [0.3, 0.4) is 0 Å². The SMILES string of the molecule is CC(=O)c1cnccn1.CCC. The van der Waals surface area contributed by atoms with Gasteiger partial charge in [0, 0.05) is 19.3 Å². The van der Waals surface area contributed by atoms with Gasteiger partial charge in [-0.3, -0.25) is 9.78 Å². The molecule has 0 aliphatic rings. The highest BCUT2D eigenvalue weighted by Gasteiger charge is 1.96. The third-order valence-electron chi connectivity index (χ3n) is 0.924. The molecule has 3 nitrogen and oxygen atoms in total. The van der Waals surface area contributed by atoms with Gasteiger partial charge in [-0.2, -0.15) is 0 Å². The Morgan fingerprint density at radius 1 is 1.42 bits per heavy atom. The second kappa shape index (κ2) is 6.46. The molecule has 0 saturated heterocycles.